The summed E-state index contributed by atoms with van der Waals surface area (Å²) in [5.41, 5.74) is 4.45. The molecule has 0 fully saturated rings. The highest BCUT2D eigenvalue weighted by molar-refractivity contribution is 6.35. The van der Waals surface area contributed by atoms with Crippen LogP contribution in [0.4, 0.5) is 5.82 Å². The number of hydrogen-bond donors (Lipinski definition) is 1. The predicted octanol–water partition coefficient (Wildman–Crippen LogP) is 2.00. The van der Waals surface area contributed by atoms with Crippen LogP contribution < -0.4 is 15.9 Å². The minimum atomic E-state index is -0.416. The normalized spacial score (nSPS) is 10.8. The lowest BCUT2D eigenvalue weighted by atomic mass is 9.98. The van der Waals surface area contributed by atoms with Crippen LogP contribution in [0, 0.1) is 24.2 Å². The number of para-hydroxylation sites is 1. The molecule has 27 heavy (non-hydrogen) atoms. The summed E-state index contributed by atoms with van der Waals surface area (Å²) in [6.07, 6.45) is 1.35. The summed E-state index contributed by atoms with van der Waals surface area (Å²) in [4.78, 5) is 20.9. The second-order valence-electron chi connectivity index (χ2n) is 6.58. The number of fused-ring (bicyclic) bond motifs is 1. The number of nitrogens with one attached hydrogen (secondary N) is 1. The van der Waals surface area contributed by atoms with Crippen molar-refractivity contribution in [3.8, 4) is 6.07 Å². The Morgan fingerprint density at radius 1 is 1.41 bits per heavy atom. The molecule has 0 saturated heterocycles. The van der Waals surface area contributed by atoms with E-state index in [1.54, 1.807) is 0 Å². The van der Waals surface area contributed by atoms with Gasteiger partial charge in [0.15, 0.2) is 5.76 Å². The minimum Gasteiger partial charge on any atom is -0.451 e. The van der Waals surface area contributed by atoms with Crippen LogP contribution in [0.15, 0.2) is 34.9 Å². The van der Waals surface area contributed by atoms with Gasteiger partial charge in [-0.05, 0) is 24.4 Å². The molecular weight excluding hydrogens is 341 g/mol. The molecule has 1 amide bonds. The lowest BCUT2D eigenvalue weighted by molar-refractivity contribution is 0.0921. The maximum absolute atomic E-state index is 12.9. The number of hydrogen-bond acceptors (Lipinski definition) is 6. The van der Waals surface area contributed by atoms with Gasteiger partial charge in [-0.2, -0.15) is 5.26 Å². The lowest BCUT2D eigenvalue weighted by Crippen LogP contribution is -2.47. The Kier molecular flexibility index (Phi) is 5.13. The van der Waals surface area contributed by atoms with Crippen molar-refractivity contribution in [1.82, 2.24) is 15.4 Å². The standard InChI is InChI=1S/C19H18BN5O2/c1-11(2)10-25(18-14(20)9-22-16(8-21)23-18)24-19(26)17-12(3)13-6-4-5-7-15(13)27-17/h4-7,9,11H,10H2,1-3H3,(H,24,26). The number of carbonyl (C=O) groups is 1. The molecule has 0 unspecified atom stereocenters. The summed E-state index contributed by atoms with van der Waals surface area (Å²) in [6, 6.07) is 9.33. The average Bonchev–Trinajstić information content (AvgIpc) is 2.98. The summed E-state index contributed by atoms with van der Waals surface area (Å²) >= 11 is 0. The first-order chi connectivity index (χ1) is 12.9. The van der Waals surface area contributed by atoms with Crippen LogP contribution >= 0.6 is 0 Å². The Morgan fingerprint density at radius 2 is 2.15 bits per heavy atom. The Hall–Kier alpha value is -3.34. The van der Waals surface area contributed by atoms with Crippen LogP contribution in [0.1, 0.15) is 35.8 Å². The Balaban J connectivity index is 1.96. The molecule has 2 radical (unpaired) electrons. The molecule has 1 N–H and O–H groups in total. The quantitative estimate of drug-likeness (QED) is 0.553. The highest BCUT2D eigenvalue weighted by Gasteiger charge is 2.22. The van der Waals surface area contributed by atoms with E-state index in [4.69, 9.17) is 17.5 Å². The number of hydrazine groups is 1. The molecule has 7 nitrogen and oxygen atoms in total. The van der Waals surface area contributed by atoms with E-state index in [0.717, 1.165) is 10.9 Å². The zero-order valence-corrected chi connectivity index (χ0v) is 15.4. The predicted molar refractivity (Wildman–Crippen MR) is 103 cm³/mol. The number of nitriles is 1. The Morgan fingerprint density at radius 3 is 2.81 bits per heavy atom. The first-order valence-corrected chi connectivity index (χ1v) is 8.50. The zero-order valence-electron chi connectivity index (χ0n) is 15.4. The van der Waals surface area contributed by atoms with Gasteiger partial charge in [-0.15, -0.1) is 0 Å². The molecule has 0 atom stereocenters. The molecular formula is C19H18BN5O2. The van der Waals surface area contributed by atoms with Crippen molar-refractivity contribution in [2.24, 2.45) is 5.92 Å². The number of nitrogens with zero attached hydrogens (tertiary/aromatic N) is 4. The van der Waals surface area contributed by atoms with E-state index in [1.165, 1.54) is 11.2 Å². The van der Waals surface area contributed by atoms with Crippen LogP contribution in [0.2, 0.25) is 0 Å². The molecule has 134 valence electrons. The van der Waals surface area contributed by atoms with E-state index in [0.29, 0.717) is 12.1 Å². The van der Waals surface area contributed by atoms with Crippen molar-refractivity contribution in [3.05, 3.63) is 47.6 Å². The minimum absolute atomic E-state index is 0.0258. The molecule has 0 spiro atoms. The van der Waals surface area contributed by atoms with Crippen LogP contribution in [-0.4, -0.2) is 30.3 Å². The van der Waals surface area contributed by atoms with Gasteiger partial charge in [-0.25, -0.2) is 9.97 Å². The number of amides is 1. The molecule has 0 aliphatic carbocycles. The smallest absolute Gasteiger partial charge is 0.305 e. The van der Waals surface area contributed by atoms with E-state index in [1.807, 2.05) is 51.1 Å². The summed E-state index contributed by atoms with van der Waals surface area (Å²) in [5, 5.41) is 11.5. The largest absolute Gasteiger partial charge is 0.451 e. The topological polar surface area (TPSA) is 95.0 Å². The van der Waals surface area contributed by atoms with E-state index in [9.17, 15) is 4.79 Å². The second kappa shape index (κ2) is 7.50. The van der Waals surface area contributed by atoms with Crippen molar-refractivity contribution in [3.63, 3.8) is 0 Å². The second-order valence-corrected chi connectivity index (χ2v) is 6.58. The first-order valence-electron chi connectivity index (χ1n) is 8.50. The molecule has 0 aliphatic rings. The van der Waals surface area contributed by atoms with Crippen molar-refractivity contribution >= 4 is 36.0 Å². The molecule has 0 aliphatic heterocycles. The van der Waals surface area contributed by atoms with Gasteiger partial charge in [0.1, 0.15) is 25.3 Å². The molecule has 3 aromatic rings. The van der Waals surface area contributed by atoms with Gasteiger partial charge < -0.3 is 4.42 Å². The molecule has 3 rings (SSSR count). The van der Waals surface area contributed by atoms with Gasteiger partial charge in [-0.1, -0.05) is 32.0 Å². The lowest BCUT2D eigenvalue weighted by Gasteiger charge is -2.27. The number of benzene rings is 1. The van der Waals surface area contributed by atoms with E-state index in [-0.39, 0.29) is 28.8 Å². The maximum atomic E-state index is 12.9. The third-order valence-corrected chi connectivity index (χ3v) is 3.99. The fraction of sp³-hybridized carbons (Fsp3) is 0.263. The highest BCUT2D eigenvalue weighted by atomic mass is 16.3. The molecule has 8 heteroatoms. The van der Waals surface area contributed by atoms with Gasteiger partial charge in [0.2, 0.25) is 5.82 Å². The number of aromatic nitrogens is 2. The van der Waals surface area contributed by atoms with E-state index < -0.39 is 5.91 Å². The van der Waals surface area contributed by atoms with Crippen molar-refractivity contribution in [2.75, 3.05) is 11.6 Å². The van der Waals surface area contributed by atoms with Gasteiger partial charge in [0, 0.05) is 23.7 Å². The molecule has 1 aromatic carbocycles. The van der Waals surface area contributed by atoms with E-state index in [2.05, 4.69) is 15.4 Å². The van der Waals surface area contributed by atoms with Crippen LogP contribution in [0.3, 0.4) is 0 Å². The van der Waals surface area contributed by atoms with Gasteiger partial charge in [0.25, 0.3) is 0 Å². The summed E-state index contributed by atoms with van der Waals surface area (Å²) in [6.45, 7) is 6.26. The number of carbonyl (C=O) groups excluding carboxylic acids is 1. The SMILES string of the molecule is [B]c1cnc(C#N)nc1N(CC(C)C)NC(=O)c1oc2ccccc2c1C. The number of anilines is 1. The van der Waals surface area contributed by atoms with Crippen LogP contribution in [0.5, 0.6) is 0 Å². The summed E-state index contributed by atoms with van der Waals surface area (Å²) < 4.78 is 5.72. The van der Waals surface area contributed by atoms with Crippen molar-refractivity contribution in [1.29, 1.82) is 5.26 Å². The van der Waals surface area contributed by atoms with Gasteiger partial charge in [0.05, 0.1) is 0 Å². The van der Waals surface area contributed by atoms with Gasteiger partial charge >= 0.3 is 5.91 Å². The molecule has 0 bridgehead atoms. The highest BCUT2D eigenvalue weighted by Crippen LogP contribution is 2.25. The monoisotopic (exact) mass is 359 g/mol. The Bertz CT molecular complexity index is 1040. The fourth-order valence-electron chi connectivity index (χ4n) is 2.77. The third kappa shape index (κ3) is 3.77. The van der Waals surface area contributed by atoms with E-state index >= 15 is 0 Å². The summed E-state index contributed by atoms with van der Waals surface area (Å²) in [7, 11) is 5.98. The Labute approximate surface area is 158 Å². The van der Waals surface area contributed by atoms with Gasteiger partial charge in [-0.3, -0.25) is 15.2 Å². The first kappa shape index (κ1) is 18.5. The number of aryl methyl sites for hydroxylation is 1. The maximum Gasteiger partial charge on any atom is 0.305 e. The summed E-state index contributed by atoms with van der Waals surface area (Å²) in [5.74, 6) is 0.250. The fourth-order valence-corrected chi connectivity index (χ4v) is 2.77. The zero-order chi connectivity index (χ0) is 19.6. The van der Waals surface area contributed by atoms with Crippen molar-refractivity contribution in [2.45, 2.75) is 20.8 Å². The third-order valence-electron chi connectivity index (χ3n) is 3.99. The van der Waals surface area contributed by atoms with Crippen LogP contribution in [0.25, 0.3) is 11.0 Å². The van der Waals surface area contributed by atoms with Crippen molar-refractivity contribution < 1.29 is 9.21 Å². The number of rotatable bonds is 5. The molecule has 0 saturated carbocycles. The molecule has 2 heterocycles. The number of furan rings is 1. The van der Waals surface area contributed by atoms with Crippen LogP contribution in [-0.2, 0) is 0 Å². The average molecular weight is 359 g/mol. The molecule has 2 aromatic heterocycles.